The van der Waals surface area contributed by atoms with Gasteiger partial charge in [0.15, 0.2) is 0 Å². The molecule has 0 bridgehead atoms. The largest absolute Gasteiger partial charge is 0.481 e. The highest BCUT2D eigenvalue weighted by atomic mass is 32.2. The van der Waals surface area contributed by atoms with Crippen molar-refractivity contribution in [3.05, 3.63) is 0 Å². The van der Waals surface area contributed by atoms with Gasteiger partial charge in [0.25, 0.3) is 0 Å². The summed E-state index contributed by atoms with van der Waals surface area (Å²) in [5.41, 5.74) is 0. The summed E-state index contributed by atoms with van der Waals surface area (Å²) in [5, 5.41) is 15.7. The highest BCUT2D eigenvalue weighted by Gasteiger charge is 2.42. The minimum atomic E-state index is -0.645. The maximum absolute atomic E-state index is 11.4. The molecule has 1 unspecified atom stereocenters. The summed E-state index contributed by atoms with van der Waals surface area (Å²) in [6.07, 6.45) is 9.36. The lowest BCUT2D eigenvalue weighted by atomic mass is 9.93. The second-order valence-corrected chi connectivity index (χ2v) is 8.06. The SMILES string of the molecule is CCCCCCCC(CCC[C@@H]1SC[C@@H]2NC(=O)N[C@@H]21)C(=O)O. The Morgan fingerprint density at radius 3 is 2.70 bits per heavy atom. The van der Waals surface area contributed by atoms with Crippen LogP contribution in [-0.2, 0) is 4.79 Å². The summed E-state index contributed by atoms with van der Waals surface area (Å²) in [6, 6.07) is 0.428. The van der Waals surface area contributed by atoms with E-state index < -0.39 is 5.97 Å². The standard InChI is InChI=1S/C17H30N2O3S/c1-2-3-4-5-6-8-12(16(20)21)9-7-10-14-15-13(11-23-14)18-17(22)19-15/h12-15H,2-11H2,1H3,(H,20,21)(H2,18,19,22)/t12?,13-,14-,15-/m0/s1. The van der Waals surface area contributed by atoms with E-state index in [1.807, 2.05) is 11.8 Å². The zero-order valence-corrected chi connectivity index (χ0v) is 14.9. The topological polar surface area (TPSA) is 78.4 Å². The molecule has 3 N–H and O–H groups in total. The average Bonchev–Trinajstić information content (AvgIpc) is 3.04. The number of carbonyl (C=O) groups excluding carboxylic acids is 1. The minimum Gasteiger partial charge on any atom is -0.481 e. The number of thioether (sulfide) groups is 1. The number of rotatable bonds is 11. The minimum absolute atomic E-state index is 0.0548. The lowest BCUT2D eigenvalue weighted by Crippen LogP contribution is -2.36. The van der Waals surface area contributed by atoms with E-state index in [0.29, 0.717) is 5.25 Å². The third-order valence-corrected chi connectivity index (χ3v) is 6.49. The van der Waals surface area contributed by atoms with E-state index in [1.165, 1.54) is 19.3 Å². The van der Waals surface area contributed by atoms with Gasteiger partial charge in [-0.05, 0) is 19.3 Å². The Balaban J connectivity index is 1.64. The fourth-order valence-electron chi connectivity index (χ4n) is 3.59. The monoisotopic (exact) mass is 342 g/mol. The van der Waals surface area contributed by atoms with Crippen LogP contribution >= 0.6 is 11.8 Å². The van der Waals surface area contributed by atoms with Gasteiger partial charge in [-0.1, -0.05) is 45.4 Å². The number of fused-ring (bicyclic) bond motifs is 1. The number of unbranched alkanes of at least 4 members (excludes halogenated alkanes) is 4. The first-order valence-corrected chi connectivity index (χ1v) is 10.1. The fraction of sp³-hybridized carbons (Fsp3) is 0.882. The zero-order valence-electron chi connectivity index (χ0n) is 14.1. The van der Waals surface area contributed by atoms with Crippen molar-refractivity contribution < 1.29 is 14.7 Å². The number of carboxylic acids is 1. The van der Waals surface area contributed by atoms with Crippen molar-refractivity contribution in [2.45, 2.75) is 82.0 Å². The van der Waals surface area contributed by atoms with Crippen LogP contribution in [0.15, 0.2) is 0 Å². The van der Waals surface area contributed by atoms with E-state index in [2.05, 4.69) is 17.6 Å². The molecule has 0 aromatic rings. The summed E-state index contributed by atoms with van der Waals surface area (Å²) in [6.45, 7) is 2.19. The molecule has 2 amide bonds. The van der Waals surface area contributed by atoms with Crippen LogP contribution in [0.1, 0.15) is 64.7 Å². The number of carboxylic acid groups (broad SMARTS) is 1. The van der Waals surface area contributed by atoms with Crippen LogP contribution in [0, 0.1) is 5.92 Å². The molecule has 2 aliphatic heterocycles. The van der Waals surface area contributed by atoms with Crippen molar-refractivity contribution in [3.63, 3.8) is 0 Å². The van der Waals surface area contributed by atoms with E-state index in [9.17, 15) is 14.7 Å². The molecule has 0 aliphatic carbocycles. The van der Waals surface area contributed by atoms with Gasteiger partial charge >= 0.3 is 12.0 Å². The van der Waals surface area contributed by atoms with Crippen LogP contribution in [0.25, 0.3) is 0 Å². The first kappa shape index (κ1) is 18.4. The molecule has 132 valence electrons. The molecule has 2 rings (SSSR count). The second-order valence-electron chi connectivity index (χ2n) is 6.79. The van der Waals surface area contributed by atoms with Crippen molar-refractivity contribution in [2.24, 2.45) is 5.92 Å². The maximum Gasteiger partial charge on any atom is 0.315 e. The summed E-state index contributed by atoms with van der Waals surface area (Å²) in [7, 11) is 0. The number of hydrogen-bond donors (Lipinski definition) is 3. The van der Waals surface area contributed by atoms with E-state index in [-0.39, 0.29) is 24.0 Å². The van der Waals surface area contributed by atoms with Crippen molar-refractivity contribution in [3.8, 4) is 0 Å². The van der Waals surface area contributed by atoms with Crippen LogP contribution < -0.4 is 10.6 Å². The molecule has 2 fully saturated rings. The zero-order chi connectivity index (χ0) is 16.7. The predicted octanol–water partition coefficient (Wildman–Crippen LogP) is 3.38. The molecule has 6 heteroatoms. The van der Waals surface area contributed by atoms with Crippen molar-refractivity contribution in [1.29, 1.82) is 0 Å². The van der Waals surface area contributed by atoms with E-state index in [0.717, 1.165) is 44.3 Å². The van der Waals surface area contributed by atoms with E-state index in [1.54, 1.807) is 0 Å². The normalized spacial score (nSPS) is 27.3. The van der Waals surface area contributed by atoms with Gasteiger partial charge in [-0.15, -0.1) is 0 Å². The highest BCUT2D eigenvalue weighted by Crippen LogP contribution is 2.33. The number of carbonyl (C=O) groups is 2. The Morgan fingerprint density at radius 2 is 1.96 bits per heavy atom. The lowest BCUT2D eigenvalue weighted by molar-refractivity contribution is -0.142. The lowest BCUT2D eigenvalue weighted by Gasteiger charge is -2.18. The summed E-state index contributed by atoms with van der Waals surface area (Å²) < 4.78 is 0. The molecule has 23 heavy (non-hydrogen) atoms. The molecule has 2 aliphatic rings. The molecule has 2 saturated heterocycles. The third kappa shape index (κ3) is 5.59. The van der Waals surface area contributed by atoms with Gasteiger partial charge in [0.2, 0.25) is 0 Å². The van der Waals surface area contributed by atoms with Crippen molar-refractivity contribution >= 4 is 23.8 Å². The fourth-order valence-corrected chi connectivity index (χ4v) is 5.14. The Bertz CT molecular complexity index is 405. The molecule has 5 nitrogen and oxygen atoms in total. The number of aliphatic carboxylic acids is 1. The van der Waals surface area contributed by atoms with Gasteiger partial charge in [-0.3, -0.25) is 4.79 Å². The summed E-state index contributed by atoms with van der Waals surface area (Å²) >= 11 is 1.90. The Hall–Kier alpha value is -0.910. The van der Waals surface area contributed by atoms with E-state index in [4.69, 9.17) is 0 Å². The summed E-state index contributed by atoms with van der Waals surface area (Å²) in [4.78, 5) is 22.8. The van der Waals surface area contributed by atoms with Gasteiger partial charge in [-0.2, -0.15) is 11.8 Å². The molecule has 0 spiro atoms. The second kappa shape index (κ2) is 9.40. The Labute approximate surface area is 143 Å². The number of nitrogens with one attached hydrogen (secondary N) is 2. The van der Waals surface area contributed by atoms with Gasteiger partial charge < -0.3 is 15.7 Å². The van der Waals surface area contributed by atoms with Crippen LogP contribution in [0.2, 0.25) is 0 Å². The highest BCUT2D eigenvalue weighted by molar-refractivity contribution is 8.00. The first-order chi connectivity index (χ1) is 11.1. The molecule has 4 atom stereocenters. The number of amides is 2. The van der Waals surface area contributed by atoms with Crippen LogP contribution in [0.4, 0.5) is 4.79 Å². The molecule has 0 aromatic heterocycles. The molecule has 0 saturated carbocycles. The quantitative estimate of drug-likeness (QED) is 0.397. The molecular weight excluding hydrogens is 312 g/mol. The van der Waals surface area contributed by atoms with Gasteiger partial charge in [0.05, 0.1) is 18.0 Å². The van der Waals surface area contributed by atoms with Gasteiger partial charge in [-0.25, -0.2) is 4.79 Å². The molecule has 0 radical (unpaired) electrons. The van der Waals surface area contributed by atoms with Crippen LogP contribution in [-0.4, -0.2) is 40.2 Å². The molecule has 2 heterocycles. The van der Waals surface area contributed by atoms with Crippen LogP contribution in [0.5, 0.6) is 0 Å². The predicted molar refractivity (Wildman–Crippen MR) is 93.8 cm³/mol. The average molecular weight is 343 g/mol. The Morgan fingerprint density at radius 1 is 1.22 bits per heavy atom. The first-order valence-electron chi connectivity index (χ1n) is 9.03. The van der Waals surface area contributed by atoms with Gasteiger partial charge in [0.1, 0.15) is 0 Å². The van der Waals surface area contributed by atoms with E-state index >= 15 is 0 Å². The Kier molecular flexibility index (Phi) is 7.53. The smallest absolute Gasteiger partial charge is 0.315 e. The number of hydrogen-bond acceptors (Lipinski definition) is 3. The maximum atomic E-state index is 11.4. The van der Waals surface area contributed by atoms with Crippen LogP contribution in [0.3, 0.4) is 0 Å². The van der Waals surface area contributed by atoms with Crippen molar-refractivity contribution in [2.75, 3.05) is 5.75 Å². The third-order valence-electron chi connectivity index (χ3n) is 4.98. The van der Waals surface area contributed by atoms with Gasteiger partial charge in [0, 0.05) is 11.0 Å². The molecule has 0 aromatic carbocycles. The van der Waals surface area contributed by atoms with Crippen molar-refractivity contribution in [1.82, 2.24) is 10.6 Å². The summed E-state index contributed by atoms with van der Waals surface area (Å²) in [5.74, 6) is 0.122. The number of urea groups is 1. The molecular formula is C17H30N2O3S.